The van der Waals surface area contributed by atoms with Crippen molar-refractivity contribution >= 4 is 7.82 Å². The third kappa shape index (κ3) is 15.2. The van der Waals surface area contributed by atoms with Gasteiger partial charge in [0.2, 0.25) is 0 Å². The number of quaternary nitrogens is 1. The van der Waals surface area contributed by atoms with Crippen LogP contribution in [0.4, 0.5) is 0 Å². The second-order valence-corrected chi connectivity index (χ2v) is 10.3. The molecule has 6 heteroatoms. The molecule has 0 radical (unpaired) electrons. The Hall–Kier alpha value is 0.0700. The van der Waals surface area contributed by atoms with Crippen LogP contribution in [0.2, 0.25) is 0 Å². The third-order valence-corrected chi connectivity index (χ3v) is 5.81. The van der Waals surface area contributed by atoms with Gasteiger partial charge in [-0.3, -0.25) is 4.57 Å². The molecule has 0 amide bonds. The van der Waals surface area contributed by atoms with E-state index >= 15 is 0 Å². The van der Waals surface area contributed by atoms with Gasteiger partial charge in [0.15, 0.2) is 0 Å². The van der Waals surface area contributed by atoms with E-state index in [2.05, 4.69) is 13.8 Å². The monoisotopic (exact) mass is 393 g/mol. The molecule has 0 saturated carbocycles. The van der Waals surface area contributed by atoms with E-state index in [0.29, 0.717) is 6.42 Å². The summed E-state index contributed by atoms with van der Waals surface area (Å²) in [6, 6.07) is 0. The molecule has 0 aromatic rings. The van der Waals surface area contributed by atoms with Gasteiger partial charge in [0.1, 0.15) is 0 Å². The zero-order valence-corrected chi connectivity index (χ0v) is 19.3. The van der Waals surface area contributed by atoms with Crippen molar-refractivity contribution in [3.63, 3.8) is 0 Å². The minimum atomic E-state index is -4.29. The quantitative estimate of drug-likeness (QED) is 0.336. The topological polar surface area (TPSA) is 63.0 Å². The highest BCUT2D eigenvalue weighted by Gasteiger charge is 2.28. The molecule has 1 unspecified atom stereocenters. The van der Waals surface area contributed by atoms with Crippen LogP contribution >= 0.6 is 7.82 Å². The van der Waals surface area contributed by atoms with E-state index in [0.717, 1.165) is 12.8 Å². The number of hydrogen-bond donors (Lipinski definition) is 1. The molecule has 0 aliphatic carbocycles. The Balaban J connectivity index is 4.17. The normalized spacial score (nSPS) is 15.4. The van der Waals surface area contributed by atoms with Crippen molar-refractivity contribution in [1.29, 1.82) is 0 Å². The van der Waals surface area contributed by atoms with Gasteiger partial charge in [0.05, 0.1) is 30.8 Å². The van der Waals surface area contributed by atoms with Gasteiger partial charge in [0, 0.05) is 0 Å². The number of hydrogen-bond acceptors (Lipinski definition) is 4. The Labute approximate surface area is 162 Å². The highest BCUT2D eigenvalue weighted by atomic mass is 31.2. The molecule has 5 nitrogen and oxygen atoms in total. The van der Waals surface area contributed by atoms with Gasteiger partial charge < -0.3 is 18.8 Å². The molecule has 0 aliphatic heterocycles. The van der Waals surface area contributed by atoms with E-state index in [1.54, 1.807) is 25.7 Å². The van der Waals surface area contributed by atoms with Gasteiger partial charge in [-0.05, 0) is 66.7 Å². The molecule has 0 bridgehead atoms. The summed E-state index contributed by atoms with van der Waals surface area (Å²) in [4.78, 5) is 13.7. The smallest absolute Gasteiger partial charge is 0.268 e. The van der Waals surface area contributed by atoms with Crippen LogP contribution in [0.3, 0.4) is 0 Å². The highest BCUT2D eigenvalue weighted by molar-refractivity contribution is 7.46. The zero-order chi connectivity index (χ0) is 20.3. The minimum absolute atomic E-state index is 0.714. The van der Waals surface area contributed by atoms with E-state index in [-0.39, 0.29) is 0 Å². The summed E-state index contributed by atoms with van der Waals surface area (Å²) in [5, 5.41) is 0. The molecule has 26 heavy (non-hydrogen) atoms. The van der Waals surface area contributed by atoms with E-state index in [9.17, 15) is 9.46 Å². The first-order valence-corrected chi connectivity index (χ1v) is 11.9. The zero-order valence-electron chi connectivity index (χ0n) is 18.4. The van der Waals surface area contributed by atoms with Crippen LogP contribution in [0.5, 0.6) is 0 Å². The summed E-state index contributed by atoms with van der Waals surface area (Å²) in [5.74, 6) is 0. The van der Waals surface area contributed by atoms with Crippen molar-refractivity contribution in [3.8, 4) is 0 Å². The molecule has 0 aliphatic rings. The van der Waals surface area contributed by atoms with Crippen molar-refractivity contribution in [2.75, 3.05) is 19.6 Å². The molecule has 1 N–H and O–H groups in total. The Morgan fingerprint density at radius 1 is 0.808 bits per heavy atom. The number of unbranched alkanes of at least 4 members (excludes halogenated alkanes) is 4. The predicted molar refractivity (Wildman–Crippen MR) is 107 cm³/mol. The van der Waals surface area contributed by atoms with Crippen molar-refractivity contribution in [2.45, 2.75) is 111 Å². The lowest BCUT2D eigenvalue weighted by atomic mass is 10.0. The summed E-state index contributed by atoms with van der Waals surface area (Å²) in [5.41, 5.74) is -1.49. The molecule has 0 fully saturated rings. The molecular weight excluding hydrogens is 349 g/mol. The largest absolute Gasteiger partial charge is 0.756 e. The van der Waals surface area contributed by atoms with Gasteiger partial charge in [-0.25, -0.2) is 0 Å². The van der Waals surface area contributed by atoms with Crippen LogP contribution in [-0.2, 0) is 13.6 Å². The summed E-state index contributed by atoms with van der Waals surface area (Å²) < 4.78 is 22.4. The van der Waals surface area contributed by atoms with Crippen LogP contribution in [0.15, 0.2) is 0 Å². The molecular formula is C20H44NO4P. The van der Waals surface area contributed by atoms with Gasteiger partial charge in [-0.15, -0.1) is 0 Å². The standard InChI is InChI=1S/C20H44NO4P/c1-8-10-16-21(17-11-9-2)18-14-12-13-15-20(6,7)25-26(22,23)24-19(3,4)5/h8-18H2,1-7H3,(H,22,23). The lowest BCUT2D eigenvalue weighted by Gasteiger charge is -2.37. The van der Waals surface area contributed by atoms with Crippen LogP contribution in [0, 0.1) is 0 Å². The first kappa shape index (κ1) is 26.1. The Morgan fingerprint density at radius 2 is 1.31 bits per heavy atom. The van der Waals surface area contributed by atoms with Crippen LogP contribution in [0.25, 0.3) is 0 Å². The Kier molecular flexibility index (Phi) is 12.5. The van der Waals surface area contributed by atoms with Gasteiger partial charge in [-0.1, -0.05) is 33.1 Å². The average Bonchev–Trinajstić information content (AvgIpc) is 2.44. The predicted octanol–water partition coefficient (Wildman–Crippen LogP) is 4.11. The fraction of sp³-hybridized carbons (Fsp3) is 1.00. The fourth-order valence-electron chi connectivity index (χ4n) is 3.03. The molecule has 158 valence electrons. The van der Waals surface area contributed by atoms with Gasteiger partial charge in [0.25, 0.3) is 7.82 Å². The van der Waals surface area contributed by atoms with E-state index in [4.69, 9.17) is 9.05 Å². The maximum absolute atomic E-state index is 12.0. The summed E-state index contributed by atoms with van der Waals surface area (Å²) >= 11 is 0. The second kappa shape index (κ2) is 12.5. The number of phosphoric acid groups is 1. The van der Waals surface area contributed by atoms with Crippen LogP contribution < -0.4 is 9.79 Å². The summed E-state index contributed by atoms with van der Waals surface area (Å²) in [6.07, 6.45) is 9.09. The van der Waals surface area contributed by atoms with Gasteiger partial charge in [-0.2, -0.15) is 0 Å². The lowest BCUT2D eigenvalue weighted by Crippen LogP contribution is -3.12. The lowest BCUT2D eigenvalue weighted by molar-refractivity contribution is -0.900. The molecule has 0 spiro atoms. The molecule has 0 saturated heterocycles. The van der Waals surface area contributed by atoms with E-state index in [1.165, 1.54) is 51.7 Å². The van der Waals surface area contributed by atoms with Crippen molar-refractivity contribution in [3.05, 3.63) is 0 Å². The average molecular weight is 394 g/mol. The fourth-order valence-corrected chi connectivity index (χ4v) is 4.44. The molecule has 1 atom stereocenters. The molecule has 0 rings (SSSR count). The number of rotatable bonds is 15. The SMILES string of the molecule is CCCC[NH+](CCCC)CCCCCC(C)(C)OP(=O)([O-])OC(C)(C)C. The van der Waals surface area contributed by atoms with Crippen LogP contribution in [0.1, 0.15) is 99.8 Å². The van der Waals surface area contributed by atoms with Crippen molar-refractivity contribution < 1.29 is 23.4 Å². The Morgan fingerprint density at radius 3 is 1.77 bits per heavy atom. The maximum Gasteiger partial charge on any atom is 0.268 e. The molecule has 0 aromatic carbocycles. The third-order valence-electron chi connectivity index (χ3n) is 4.32. The minimum Gasteiger partial charge on any atom is -0.756 e. The number of phosphoric ester groups is 1. The Bertz CT molecular complexity index is 399. The van der Waals surface area contributed by atoms with Gasteiger partial charge >= 0.3 is 0 Å². The maximum atomic E-state index is 12.0. The first-order valence-electron chi connectivity index (χ1n) is 10.5. The molecule has 0 aromatic heterocycles. The second-order valence-electron chi connectivity index (χ2n) is 9.02. The van der Waals surface area contributed by atoms with E-state index in [1.807, 2.05) is 13.8 Å². The molecule has 0 heterocycles. The van der Waals surface area contributed by atoms with Crippen molar-refractivity contribution in [2.24, 2.45) is 0 Å². The summed E-state index contributed by atoms with van der Waals surface area (Å²) in [6.45, 7) is 17.0. The highest BCUT2D eigenvalue weighted by Crippen LogP contribution is 2.47. The first-order chi connectivity index (χ1) is 11.9. The number of nitrogens with one attached hydrogen (secondary N) is 1. The summed E-state index contributed by atoms with van der Waals surface area (Å²) in [7, 11) is -4.29. The van der Waals surface area contributed by atoms with Crippen LogP contribution in [-0.4, -0.2) is 30.8 Å². The van der Waals surface area contributed by atoms with E-state index < -0.39 is 19.0 Å². The van der Waals surface area contributed by atoms with Crippen molar-refractivity contribution in [1.82, 2.24) is 0 Å².